The van der Waals surface area contributed by atoms with Gasteiger partial charge in [0.2, 0.25) is 0 Å². The molecule has 8 heteroatoms. The Bertz CT molecular complexity index is 1390. The van der Waals surface area contributed by atoms with Crippen LogP contribution in [-0.2, 0) is 0 Å². The van der Waals surface area contributed by atoms with Gasteiger partial charge in [0.05, 0.1) is 0 Å². The zero-order valence-corrected chi connectivity index (χ0v) is 35.6. The van der Waals surface area contributed by atoms with Crippen LogP contribution < -0.4 is 21.2 Å². The Kier molecular flexibility index (Phi) is 15.8. The maximum absolute atomic E-state index is 13.7. The first-order chi connectivity index (χ1) is 22.2. The molecule has 0 spiro atoms. The van der Waals surface area contributed by atoms with Gasteiger partial charge in [0, 0.05) is 0 Å². The van der Waals surface area contributed by atoms with Crippen LogP contribution in [0.5, 0.6) is 0 Å². The standard InChI is InChI=1S/C28H29OP.C8H21OP.C4H13OP.H3OP/c1-21-13-5-9-17-25(21)30(29,26-18-10-6-14-22(26)2,27-19-11-7-15-23(27)3)28-20-12-8-16-24(28)4;1-5-10(9,6-2,7-3)8-4;1-6(2,3,4)5;1-2/h5-20,29H,1-4H3;9H,5-8H2,1-4H3;5H,1-4H3;1H,2H2. The van der Waals surface area contributed by atoms with Crippen molar-refractivity contribution in [3.63, 3.8) is 0 Å². The molecule has 4 N–H and O–H groups in total. The molecule has 0 bridgehead atoms. The molecule has 0 aliphatic rings. The molecule has 4 aromatic carbocycles. The van der Waals surface area contributed by atoms with E-state index in [0.29, 0.717) is 0 Å². The van der Waals surface area contributed by atoms with Crippen LogP contribution in [0.4, 0.5) is 0 Å². The summed E-state index contributed by atoms with van der Waals surface area (Å²) in [5.41, 5.74) is 4.42. The van der Waals surface area contributed by atoms with Gasteiger partial charge in [-0.2, -0.15) is 0 Å². The predicted molar refractivity (Wildman–Crippen MR) is 228 cm³/mol. The largest absolute Gasteiger partial charge is 0.380 e. The molecular weight excluding hydrogens is 668 g/mol. The summed E-state index contributed by atoms with van der Waals surface area (Å²) in [6.45, 7) is 16.3. The predicted octanol–water partition coefficient (Wildman–Crippen LogP) is 8.24. The maximum atomic E-state index is 13.7. The van der Waals surface area contributed by atoms with Crippen molar-refractivity contribution < 1.29 is 19.6 Å². The summed E-state index contributed by atoms with van der Waals surface area (Å²) in [5.74, 6) is 0. The van der Waals surface area contributed by atoms with Crippen LogP contribution in [0, 0.1) is 27.7 Å². The van der Waals surface area contributed by atoms with Gasteiger partial charge >= 0.3 is 282 Å². The van der Waals surface area contributed by atoms with Gasteiger partial charge in [-0.05, 0) is 9.47 Å². The van der Waals surface area contributed by atoms with Gasteiger partial charge in [-0.3, -0.25) is 0 Å². The van der Waals surface area contributed by atoms with Crippen molar-refractivity contribution in [3.8, 4) is 0 Å². The fraction of sp³-hybridized carbons (Fsp3) is 0.400. The Balaban J connectivity index is 0.000000531. The molecule has 270 valence electrons. The zero-order chi connectivity index (χ0) is 37.1. The second-order valence-electron chi connectivity index (χ2n) is 14.9. The molecule has 0 amide bonds. The van der Waals surface area contributed by atoms with Crippen molar-refractivity contribution in [2.45, 2.75) is 55.4 Å². The Morgan fingerprint density at radius 3 is 0.708 bits per heavy atom. The van der Waals surface area contributed by atoms with Crippen LogP contribution in [0.2, 0.25) is 0 Å². The zero-order valence-electron chi connectivity index (χ0n) is 31.8. The average Bonchev–Trinajstić information content (AvgIpc) is 3.05. The van der Waals surface area contributed by atoms with E-state index in [1.807, 2.05) is 50.9 Å². The van der Waals surface area contributed by atoms with E-state index < -0.39 is 20.5 Å². The van der Waals surface area contributed by atoms with Crippen molar-refractivity contribution in [2.24, 2.45) is 0 Å². The van der Waals surface area contributed by atoms with Gasteiger partial charge in [-0.15, -0.1) is 0 Å². The van der Waals surface area contributed by atoms with E-state index in [2.05, 4.69) is 128 Å². The third kappa shape index (κ3) is 10.3. The molecule has 4 aromatic rings. The van der Waals surface area contributed by atoms with Gasteiger partial charge in [0.1, 0.15) is 0 Å². The van der Waals surface area contributed by atoms with Crippen LogP contribution in [0.3, 0.4) is 0 Å². The molecule has 0 aromatic heterocycles. The molecule has 0 aliphatic carbocycles. The molecule has 0 fully saturated rings. The van der Waals surface area contributed by atoms with Crippen molar-refractivity contribution in [3.05, 3.63) is 119 Å². The monoisotopic (exact) mass is 734 g/mol. The minimum absolute atomic E-state index is 0.995. The summed E-state index contributed by atoms with van der Waals surface area (Å²) in [5, 5.41) is 4.06. The molecule has 1 atom stereocenters. The van der Waals surface area contributed by atoms with Crippen LogP contribution in [0.15, 0.2) is 97.1 Å². The first-order valence-corrected chi connectivity index (χ1v) is 26.6. The van der Waals surface area contributed by atoms with Crippen molar-refractivity contribution in [1.82, 2.24) is 0 Å². The molecule has 0 saturated heterocycles. The van der Waals surface area contributed by atoms with Crippen molar-refractivity contribution >= 4 is 51.2 Å². The van der Waals surface area contributed by atoms with Crippen LogP contribution >= 0.6 is 30.0 Å². The Morgan fingerprint density at radius 2 is 0.583 bits per heavy atom. The molecule has 4 nitrogen and oxygen atoms in total. The second kappa shape index (κ2) is 17.1. The number of hydrogen-bond donors (Lipinski definition) is 4. The van der Waals surface area contributed by atoms with Crippen LogP contribution in [0.1, 0.15) is 49.9 Å². The van der Waals surface area contributed by atoms with Gasteiger partial charge in [0.15, 0.2) is 0 Å². The van der Waals surface area contributed by atoms with E-state index in [4.69, 9.17) is 9.79 Å². The molecule has 0 saturated carbocycles. The summed E-state index contributed by atoms with van der Waals surface area (Å²) in [6.07, 6.45) is 3.98. The summed E-state index contributed by atoms with van der Waals surface area (Å²) in [6, 6.07) is 33.3. The minimum atomic E-state index is -4.01. The number of aryl methyl sites for hydroxylation is 4. The SMILES string of the molecule is CCP(O)(CC)(CC)CC.CP(C)(C)(C)O.Cc1ccccc1P(O)(c1ccccc1C)(c1ccccc1C)c1ccccc1C.OP. The molecule has 0 heterocycles. The molecule has 0 radical (unpaired) electrons. The van der Waals surface area contributed by atoms with E-state index in [9.17, 15) is 9.79 Å². The van der Waals surface area contributed by atoms with Gasteiger partial charge in [-0.25, -0.2) is 0 Å². The first kappa shape index (κ1) is 44.5. The summed E-state index contributed by atoms with van der Waals surface area (Å²) in [4.78, 5) is 40.1. The maximum Gasteiger partial charge on any atom is -0.00391 e. The Labute approximate surface area is 295 Å². The first-order valence-electron chi connectivity index (χ1n) is 16.9. The Hall–Kier alpha value is -1.56. The third-order valence-electron chi connectivity index (χ3n) is 9.59. The van der Waals surface area contributed by atoms with Crippen molar-refractivity contribution in [1.29, 1.82) is 0 Å². The molecular formula is C40H66O4P4. The summed E-state index contributed by atoms with van der Waals surface area (Å²) >= 11 is 0. The van der Waals surface area contributed by atoms with E-state index in [0.717, 1.165) is 68.1 Å². The topological polar surface area (TPSA) is 80.9 Å². The molecule has 4 rings (SSSR count). The smallest absolute Gasteiger partial charge is 0.00391 e. The third-order valence-corrected chi connectivity index (χ3v) is 21.8. The summed E-state index contributed by atoms with van der Waals surface area (Å²) < 4.78 is 0. The van der Waals surface area contributed by atoms with E-state index in [-0.39, 0.29) is 0 Å². The number of hydrogen-bond acceptors (Lipinski definition) is 4. The van der Waals surface area contributed by atoms with E-state index >= 15 is 0 Å². The average molecular weight is 735 g/mol. The molecule has 1 unspecified atom stereocenters. The normalized spacial score (nSPS) is 14.0. The van der Waals surface area contributed by atoms with Gasteiger partial charge in [0.25, 0.3) is 0 Å². The van der Waals surface area contributed by atoms with Gasteiger partial charge < -0.3 is 4.89 Å². The van der Waals surface area contributed by atoms with Crippen LogP contribution in [-0.4, -0.2) is 70.9 Å². The van der Waals surface area contributed by atoms with Gasteiger partial charge in [-0.1, -0.05) is 0 Å². The minimum Gasteiger partial charge on any atom is -0.380 e. The fourth-order valence-corrected chi connectivity index (χ4v) is 15.1. The molecule has 0 aliphatic heterocycles. The summed E-state index contributed by atoms with van der Waals surface area (Å²) in [7, 11) is 1.42. The number of rotatable bonds is 8. The van der Waals surface area contributed by atoms with Crippen molar-refractivity contribution in [2.75, 3.05) is 51.3 Å². The van der Waals surface area contributed by atoms with E-state index in [1.54, 1.807) is 0 Å². The van der Waals surface area contributed by atoms with Crippen LogP contribution in [0.25, 0.3) is 0 Å². The number of benzene rings is 4. The Morgan fingerprint density at radius 1 is 0.417 bits per heavy atom. The molecule has 48 heavy (non-hydrogen) atoms. The second-order valence-corrected chi connectivity index (χ2v) is 32.3. The van der Waals surface area contributed by atoms with E-state index in [1.165, 1.54) is 9.47 Å². The fourth-order valence-electron chi connectivity index (χ4n) is 6.33. The quantitative estimate of drug-likeness (QED) is 0.138.